The molecule has 3 rings (SSSR count). The Kier molecular flexibility index (Phi) is 4.27. The lowest BCUT2D eigenvalue weighted by Gasteiger charge is -2.13. The van der Waals surface area contributed by atoms with E-state index in [1.54, 1.807) is 0 Å². The molecule has 1 aromatic heterocycles. The van der Waals surface area contributed by atoms with E-state index < -0.39 is 35.1 Å². The van der Waals surface area contributed by atoms with Crippen molar-refractivity contribution in [3.05, 3.63) is 65.6 Å². The second kappa shape index (κ2) is 6.29. The number of rotatable bonds is 2. The Morgan fingerprint density at radius 3 is 2.42 bits per heavy atom. The molecule has 3 aromatic rings. The fourth-order valence-corrected chi connectivity index (χ4v) is 2.67. The third kappa shape index (κ3) is 3.17. The smallest absolute Gasteiger partial charge is 0.321 e. The summed E-state index contributed by atoms with van der Waals surface area (Å²) < 4.78 is 53.7. The van der Waals surface area contributed by atoms with E-state index in [2.05, 4.69) is 5.32 Å². The Hall–Kier alpha value is -3.16. The number of nitrogens with zero attached hydrogens (tertiary/aromatic N) is 1. The molecule has 0 aliphatic heterocycles. The molecule has 134 valence electrons. The number of anilines is 1. The van der Waals surface area contributed by atoms with Crippen LogP contribution in [0.3, 0.4) is 0 Å². The summed E-state index contributed by atoms with van der Waals surface area (Å²) in [6.07, 6.45) is -3.46. The minimum atomic E-state index is -4.64. The first-order valence-corrected chi connectivity index (χ1v) is 7.47. The first-order valence-electron chi connectivity index (χ1n) is 7.47. The lowest BCUT2D eigenvalue weighted by Crippen LogP contribution is -2.16. The highest BCUT2D eigenvalue weighted by molar-refractivity contribution is 6.14. The van der Waals surface area contributed by atoms with Crippen LogP contribution in [0.2, 0.25) is 0 Å². The highest BCUT2D eigenvalue weighted by atomic mass is 19.4. The number of nitrogens with one attached hydrogen (secondary N) is 1. The van der Waals surface area contributed by atoms with Gasteiger partial charge in [-0.15, -0.1) is 0 Å². The number of carbonyl (C=O) groups excluding carboxylic acids is 2. The molecule has 0 radical (unpaired) electrons. The fourth-order valence-electron chi connectivity index (χ4n) is 2.67. The van der Waals surface area contributed by atoms with E-state index >= 15 is 0 Å². The van der Waals surface area contributed by atoms with Crippen LogP contribution in [0.1, 0.15) is 27.6 Å². The number of fused-ring (bicyclic) bond motifs is 1. The SMILES string of the molecule is CC(=O)n1cc(C(=O)Nc2ccccc2C(F)(F)F)c2ccc(F)cc21. The minimum absolute atomic E-state index is 0.0350. The lowest BCUT2D eigenvalue weighted by molar-refractivity contribution is -0.136. The maximum Gasteiger partial charge on any atom is 0.418 e. The van der Waals surface area contributed by atoms with E-state index in [0.29, 0.717) is 0 Å². The van der Waals surface area contributed by atoms with Crippen LogP contribution in [0, 0.1) is 5.82 Å². The fraction of sp³-hybridized carbons (Fsp3) is 0.111. The molecule has 0 bridgehead atoms. The number of para-hydroxylation sites is 1. The highest BCUT2D eigenvalue weighted by Gasteiger charge is 2.33. The second-order valence-electron chi connectivity index (χ2n) is 5.59. The summed E-state index contributed by atoms with van der Waals surface area (Å²) in [5.41, 5.74) is -1.27. The molecule has 0 saturated carbocycles. The Bertz CT molecular complexity index is 1020. The quantitative estimate of drug-likeness (QED) is 0.670. The van der Waals surface area contributed by atoms with Gasteiger partial charge in [0.2, 0.25) is 5.91 Å². The Morgan fingerprint density at radius 1 is 1.08 bits per heavy atom. The molecule has 1 N–H and O–H groups in total. The second-order valence-corrected chi connectivity index (χ2v) is 5.59. The van der Waals surface area contributed by atoms with Crippen LogP contribution in [0.4, 0.5) is 23.2 Å². The third-order valence-electron chi connectivity index (χ3n) is 3.83. The molecule has 26 heavy (non-hydrogen) atoms. The van der Waals surface area contributed by atoms with Gasteiger partial charge >= 0.3 is 6.18 Å². The van der Waals surface area contributed by atoms with Gasteiger partial charge in [0.1, 0.15) is 5.82 Å². The largest absolute Gasteiger partial charge is 0.418 e. The van der Waals surface area contributed by atoms with Crippen molar-refractivity contribution in [3.8, 4) is 0 Å². The van der Waals surface area contributed by atoms with Gasteiger partial charge in [-0.05, 0) is 30.3 Å². The van der Waals surface area contributed by atoms with Gasteiger partial charge in [0.15, 0.2) is 0 Å². The minimum Gasteiger partial charge on any atom is -0.321 e. The van der Waals surface area contributed by atoms with Gasteiger partial charge in [-0.1, -0.05) is 12.1 Å². The van der Waals surface area contributed by atoms with Gasteiger partial charge in [0.25, 0.3) is 5.91 Å². The van der Waals surface area contributed by atoms with E-state index in [-0.39, 0.29) is 16.5 Å². The van der Waals surface area contributed by atoms with Gasteiger partial charge < -0.3 is 5.32 Å². The molecule has 1 amide bonds. The third-order valence-corrected chi connectivity index (χ3v) is 3.83. The van der Waals surface area contributed by atoms with Gasteiger partial charge in [-0.3, -0.25) is 14.2 Å². The molecule has 1 heterocycles. The van der Waals surface area contributed by atoms with Crippen molar-refractivity contribution in [1.82, 2.24) is 4.57 Å². The summed E-state index contributed by atoms with van der Waals surface area (Å²) in [7, 11) is 0. The number of amides is 1. The van der Waals surface area contributed by atoms with E-state index in [0.717, 1.165) is 28.8 Å². The van der Waals surface area contributed by atoms with Gasteiger partial charge in [0, 0.05) is 18.5 Å². The molecule has 8 heteroatoms. The van der Waals surface area contributed by atoms with Crippen molar-refractivity contribution < 1.29 is 27.2 Å². The molecular weight excluding hydrogens is 352 g/mol. The Balaban J connectivity index is 2.06. The maximum atomic E-state index is 13.5. The van der Waals surface area contributed by atoms with E-state index in [9.17, 15) is 27.2 Å². The molecule has 0 fully saturated rings. The van der Waals surface area contributed by atoms with Crippen LogP contribution in [0.5, 0.6) is 0 Å². The normalized spacial score (nSPS) is 11.6. The van der Waals surface area contributed by atoms with Crippen LogP contribution in [0.15, 0.2) is 48.7 Å². The summed E-state index contributed by atoms with van der Waals surface area (Å²) in [6, 6.07) is 8.04. The van der Waals surface area contributed by atoms with Crippen molar-refractivity contribution in [3.63, 3.8) is 0 Å². The van der Waals surface area contributed by atoms with E-state index in [4.69, 9.17) is 0 Å². The molecule has 0 unspecified atom stereocenters. The summed E-state index contributed by atoms with van der Waals surface area (Å²) in [6.45, 7) is 1.23. The Labute approximate surface area is 145 Å². The van der Waals surface area contributed by atoms with E-state index in [1.807, 2.05) is 0 Å². The van der Waals surface area contributed by atoms with Crippen LogP contribution in [0.25, 0.3) is 10.9 Å². The van der Waals surface area contributed by atoms with Gasteiger partial charge in [-0.2, -0.15) is 13.2 Å². The number of hydrogen-bond donors (Lipinski definition) is 1. The predicted octanol–water partition coefficient (Wildman–Crippen LogP) is 4.71. The topological polar surface area (TPSA) is 51.1 Å². The maximum absolute atomic E-state index is 13.5. The van der Waals surface area contributed by atoms with Crippen molar-refractivity contribution in [2.75, 3.05) is 5.32 Å². The number of alkyl halides is 3. The summed E-state index contributed by atoms with van der Waals surface area (Å²) in [4.78, 5) is 24.2. The Morgan fingerprint density at radius 2 is 1.77 bits per heavy atom. The number of carbonyl (C=O) groups is 2. The van der Waals surface area contributed by atoms with Crippen molar-refractivity contribution in [2.24, 2.45) is 0 Å². The van der Waals surface area contributed by atoms with Crippen LogP contribution in [-0.2, 0) is 6.18 Å². The van der Waals surface area contributed by atoms with Crippen LogP contribution >= 0.6 is 0 Å². The number of aromatic nitrogens is 1. The van der Waals surface area contributed by atoms with Gasteiger partial charge in [-0.25, -0.2) is 4.39 Å². The molecule has 2 aromatic carbocycles. The van der Waals surface area contributed by atoms with Crippen molar-refractivity contribution in [2.45, 2.75) is 13.1 Å². The monoisotopic (exact) mass is 364 g/mol. The predicted molar refractivity (Wildman–Crippen MR) is 87.6 cm³/mol. The van der Waals surface area contributed by atoms with E-state index in [1.165, 1.54) is 31.3 Å². The van der Waals surface area contributed by atoms with Crippen molar-refractivity contribution >= 4 is 28.4 Å². The zero-order valence-corrected chi connectivity index (χ0v) is 13.4. The van der Waals surface area contributed by atoms with Crippen molar-refractivity contribution in [1.29, 1.82) is 0 Å². The van der Waals surface area contributed by atoms with Gasteiger partial charge in [0.05, 0.1) is 22.3 Å². The highest BCUT2D eigenvalue weighted by Crippen LogP contribution is 2.35. The van der Waals surface area contributed by atoms with Crippen LogP contribution < -0.4 is 5.32 Å². The summed E-state index contributed by atoms with van der Waals surface area (Å²) in [5.74, 6) is -1.90. The first kappa shape index (κ1) is 17.7. The zero-order valence-electron chi connectivity index (χ0n) is 13.4. The molecular formula is C18H12F4N2O2. The molecule has 0 spiro atoms. The number of halogens is 4. The molecule has 4 nitrogen and oxygen atoms in total. The standard InChI is InChI=1S/C18H12F4N2O2/c1-10(25)24-9-13(12-7-6-11(19)8-16(12)24)17(26)23-15-5-3-2-4-14(15)18(20,21)22/h2-9H,1H3,(H,23,26). The molecule has 0 atom stereocenters. The zero-order chi connectivity index (χ0) is 19.1. The average molecular weight is 364 g/mol. The first-order chi connectivity index (χ1) is 12.2. The molecule has 0 aliphatic rings. The summed E-state index contributed by atoms with van der Waals surface area (Å²) >= 11 is 0. The number of benzene rings is 2. The molecule has 0 saturated heterocycles. The molecule has 0 aliphatic carbocycles. The lowest BCUT2D eigenvalue weighted by atomic mass is 10.1. The van der Waals surface area contributed by atoms with Crippen LogP contribution in [-0.4, -0.2) is 16.4 Å². The number of hydrogen-bond acceptors (Lipinski definition) is 2. The average Bonchev–Trinajstić information content (AvgIpc) is 2.93. The summed E-state index contributed by atoms with van der Waals surface area (Å²) in [5, 5.41) is 2.47.